The Bertz CT molecular complexity index is 1180. The van der Waals surface area contributed by atoms with E-state index in [4.69, 9.17) is 9.47 Å². The van der Waals surface area contributed by atoms with E-state index >= 15 is 0 Å². The molecule has 32 heavy (non-hydrogen) atoms. The minimum atomic E-state index is -0.185. The van der Waals surface area contributed by atoms with Gasteiger partial charge in [0.05, 0.1) is 12.8 Å². The van der Waals surface area contributed by atoms with Crippen molar-refractivity contribution in [1.29, 1.82) is 0 Å². The molecule has 0 atom stereocenters. The molecule has 1 amide bonds. The average molecular weight is 442 g/mol. The zero-order chi connectivity index (χ0) is 22.2. The van der Waals surface area contributed by atoms with Crippen molar-refractivity contribution in [3.63, 3.8) is 0 Å². The van der Waals surface area contributed by atoms with Gasteiger partial charge in [0.2, 0.25) is 0 Å². The average Bonchev–Trinajstić information content (AvgIpc) is 2.85. The lowest BCUT2D eigenvalue weighted by Crippen LogP contribution is -2.13. The fourth-order valence-corrected chi connectivity index (χ4v) is 4.10. The summed E-state index contributed by atoms with van der Waals surface area (Å²) in [6.45, 7) is 0.300. The fourth-order valence-electron chi connectivity index (χ4n) is 3.18. The Morgan fingerprint density at radius 1 is 0.844 bits per heavy atom. The van der Waals surface area contributed by atoms with E-state index in [0.29, 0.717) is 17.9 Å². The second-order valence-corrected chi connectivity index (χ2v) is 8.11. The number of carbonyl (C=O) groups is 1. The molecule has 0 aliphatic heterocycles. The first-order valence-corrected chi connectivity index (χ1v) is 11.0. The van der Waals surface area contributed by atoms with Crippen LogP contribution in [0.4, 0.5) is 5.69 Å². The number of para-hydroxylation sites is 2. The van der Waals surface area contributed by atoms with Gasteiger partial charge in [-0.05, 0) is 54.6 Å². The van der Waals surface area contributed by atoms with Gasteiger partial charge < -0.3 is 14.8 Å². The molecule has 0 unspecified atom stereocenters. The van der Waals surface area contributed by atoms with Gasteiger partial charge in [-0.1, -0.05) is 60.3 Å². The summed E-state index contributed by atoms with van der Waals surface area (Å²) in [6, 6.07) is 32.8. The molecule has 0 radical (unpaired) electrons. The van der Waals surface area contributed by atoms with Crippen LogP contribution in [-0.2, 0) is 6.61 Å². The Morgan fingerprint density at radius 3 is 2.28 bits per heavy atom. The summed E-state index contributed by atoms with van der Waals surface area (Å²) in [5, 5.41) is 3.04. The minimum absolute atomic E-state index is 0.185. The third kappa shape index (κ3) is 5.50. The number of rotatable bonds is 8. The first-order chi connectivity index (χ1) is 15.7. The largest absolute Gasteiger partial charge is 0.496 e. The van der Waals surface area contributed by atoms with Crippen molar-refractivity contribution >= 4 is 23.4 Å². The fraction of sp³-hybridized carbons (Fsp3) is 0.0741. The van der Waals surface area contributed by atoms with E-state index in [1.807, 2.05) is 91.0 Å². The van der Waals surface area contributed by atoms with E-state index < -0.39 is 0 Å². The normalized spacial score (nSPS) is 10.4. The van der Waals surface area contributed by atoms with Crippen LogP contribution < -0.4 is 14.8 Å². The zero-order valence-electron chi connectivity index (χ0n) is 17.7. The van der Waals surface area contributed by atoms with Crippen molar-refractivity contribution < 1.29 is 14.3 Å². The van der Waals surface area contributed by atoms with E-state index in [2.05, 4.69) is 5.32 Å². The number of anilines is 1. The van der Waals surface area contributed by atoms with Crippen molar-refractivity contribution in [3.05, 3.63) is 114 Å². The molecule has 0 spiro atoms. The molecule has 4 nitrogen and oxygen atoms in total. The molecule has 0 heterocycles. The maximum Gasteiger partial charge on any atom is 0.255 e. The third-order valence-electron chi connectivity index (χ3n) is 4.79. The summed E-state index contributed by atoms with van der Waals surface area (Å²) in [5.41, 5.74) is 2.11. The van der Waals surface area contributed by atoms with Crippen LogP contribution in [-0.4, -0.2) is 13.0 Å². The van der Waals surface area contributed by atoms with Crippen molar-refractivity contribution in [2.24, 2.45) is 0 Å². The highest BCUT2D eigenvalue weighted by Crippen LogP contribution is 2.33. The van der Waals surface area contributed by atoms with Crippen LogP contribution in [0.3, 0.4) is 0 Å². The van der Waals surface area contributed by atoms with Gasteiger partial charge in [-0.2, -0.15) is 0 Å². The smallest absolute Gasteiger partial charge is 0.255 e. The Balaban J connectivity index is 1.51. The van der Waals surface area contributed by atoms with E-state index in [-0.39, 0.29) is 5.91 Å². The van der Waals surface area contributed by atoms with Crippen LogP contribution in [0.5, 0.6) is 11.5 Å². The molecular weight excluding hydrogens is 418 g/mol. The molecule has 4 aromatic rings. The SMILES string of the molecule is COc1ccc(C(=O)Nc2ccccc2Sc2ccccc2)cc1COc1ccccc1. The zero-order valence-corrected chi connectivity index (χ0v) is 18.5. The van der Waals surface area contributed by atoms with E-state index in [1.54, 1.807) is 31.0 Å². The molecule has 4 aromatic carbocycles. The number of hydrogen-bond acceptors (Lipinski definition) is 4. The molecule has 0 fully saturated rings. The number of benzene rings is 4. The van der Waals surface area contributed by atoms with Crippen molar-refractivity contribution in [2.75, 3.05) is 12.4 Å². The van der Waals surface area contributed by atoms with Gasteiger partial charge in [-0.25, -0.2) is 0 Å². The molecule has 4 rings (SSSR count). The second-order valence-electron chi connectivity index (χ2n) is 6.99. The number of methoxy groups -OCH3 is 1. The van der Waals surface area contributed by atoms with E-state index in [0.717, 1.165) is 26.8 Å². The molecule has 0 saturated heterocycles. The van der Waals surface area contributed by atoms with Crippen LogP contribution in [0.15, 0.2) is 113 Å². The second kappa shape index (κ2) is 10.6. The maximum absolute atomic E-state index is 13.0. The van der Waals surface area contributed by atoms with E-state index in [1.165, 1.54) is 0 Å². The minimum Gasteiger partial charge on any atom is -0.496 e. The monoisotopic (exact) mass is 441 g/mol. The maximum atomic E-state index is 13.0. The highest BCUT2D eigenvalue weighted by molar-refractivity contribution is 7.99. The summed E-state index contributed by atoms with van der Waals surface area (Å²) in [4.78, 5) is 15.1. The summed E-state index contributed by atoms with van der Waals surface area (Å²) < 4.78 is 11.3. The Morgan fingerprint density at radius 2 is 1.53 bits per heavy atom. The number of amides is 1. The first kappa shape index (κ1) is 21.5. The molecule has 0 aliphatic carbocycles. The van der Waals surface area contributed by atoms with Crippen LogP contribution in [0.2, 0.25) is 0 Å². The Hall–Kier alpha value is -3.70. The van der Waals surface area contributed by atoms with Crippen molar-refractivity contribution in [1.82, 2.24) is 0 Å². The van der Waals surface area contributed by atoms with Crippen molar-refractivity contribution in [2.45, 2.75) is 16.4 Å². The van der Waals surface area contributed by atoms with Crippen LogP contribution >= 0.6 is 11.8 Å². The predicted octanol–water partition coefficient (Wildman–Crippen LogP) is 6.68. The molecular formula is C27H23NO3S. The molecule has 0 aromatic heterocycles. The molecule has 5 heteroatoms. The summed E-state index contributed by atoms with van der Waals surface area (Å²) in [6.07, 6.45) is 0. The molecule has 0 aliphatic rings. The Kier molecular flexibility index (Phi) is 7.10. The lowest BCUT2D eigenvalue weighted by Gasteiger charge is -2.14. The van der Waals surface area contributed by atoms with Crippen LogP contribution in [0, 0.1) is 0 Å². The topological polar surface area (TPSA) is 47.6 Å². The molecule has 0 bridgehead atoms. The molecule has 160 valence electrons. The molecule has 0 saturated carbocycles. The standard InChI is InChI=1S/C27H23NO3S/c1-30-25-17-16-20(18-21(25)19-31-22-10-4-2-5-11-22)27(29)28-24-14-8-9-15-26(24)32-23-12-6-3-7-13-23/h2-18H,19H2,1H3,(H,28,29). The molecule has 1 N–H and O–H groups in total. The highest BCUT2D eigenvalue weighted by Gasteiger charge is 2.13. The number of nitrogens with one attached hydrogen (secondary N) is 1. The van der Waals surface area contributed by atoms with E-state index in [9.17, 15) is 4.79 Å². The van der Waals surface area contributed by atoms with Gasteiger partial charge in [-0.3, -0.25) is 4.79 Å². The van der Waals surface area contributed by atoms with Crippen LogP contribution in [0.1, 0.15) is 15.9 Å². The van der Waals surface area contributed by atoms with Gasteiger partial charge in [0.1, 0.15) is 18.1 Å². The number of carbonyl (C=O) groups excluding carboxylic acids is 1. The van der Waals surface area contributed by atoms with Crippen molar-refractivity contribution in [3.8, 4) is 11.5 Å². The van der Waals surface area contributed by atoms with Gasteiger partial charge in [0, 0.05) is 20.9 Å². The number of hydrogen-bond donors (Lipinski definition) is 1. The first-order valence-electron chi connectivity index (χ1n) is 10.2. The third-order valence-corrected chi connectivity index (χ3v) is 5.87. The Labute approximate surface area is 192 Å². The number of ether oxygens (including phenoxy) is 2. The lowest BCUT2D eigenvalue weighted by molar-refractivity contribution is 0.102. The van der Waals surface area contributed by atoms with Gasteiger partial charge in [0.25, 0.3) is 5.91 Å². The highest BCUT2D eigenvalue weighted by atomic mass is 32.2. The lowest BCUT2D eigenvalue weighted by atomic mass is 10.1. The van der Waals surface area contributed by atoms with Gasteiger partial charge in [-0.15, -0.1) is 0 Å². The summed E-state index contributed by atoms with van der Waals surface area (Å²) in [5.74, 6) is 1.25. The quantitative estimate of drug-likeness (QED) is 0.331. The summed E-state index contributed by atoms with van der Waals surface area (Å²) in [7, 11) is 1.61. The summed E-state index contributed by atoms with van der Waals surface area (Å²) >= 11 is 1.61. The van der Waals surface area contributed by atoms with Gasteiger partial charge >= 0.3 is 0 Å². The van der Waals surface area contributed by atoms with Gasteiger partial charge in [0.15, 0.2) is 0 Å². The van der Waals surface area contributed by atoms with Crippen LogP contribution in [0.25, 0.3) is 0 Å². The predicted molar refractivity (Wildman–Crippen MR) is 129 cm³/mol.